The molecule has 1 aliphatic rings. The standard InChI is InChI=1S/C14H26N6O.HI/c1-5-21-10-12-6-7-20(9-12)14(15-3)16-8-13-18-17-11(2)19(13)4;/h12H,5-10H2,1-4H3,(H,15,16);1H. The number of rotatable bonds is 5. The zero-order valence-electron chi connectivity index (χ0n) is 13.9. The molecule has 0 amide bonds. The van der Waals surface area contributed by atoms with Crippen molar-refractivity contribution in [3.63, 3.8) is 0 Å². The van der Waals surface area contributed by atoms with Gasteiger partial charge in [-0.2, -0.15) is 0 Å². The van der Waals surface area contributed by atoms with Gasteiger partial charge in [-0.25, -0.2) is 0 Å². The Kier molecular flexibility index (Phi) is 8.08. The Labute approximate surface area is 149 Å². The quantitative estimate of drug-likeness (QED) is 0.439. The summed E-state index contributed by atoms with van der Waals surface area (Å²) in [6.45, 7) is 8.27. The lowest BCUT2D eigenvalue weighted by Gasteiger charge is -2.21. The molecular formula is C14H27IN6O. The molecule has 0 aliphatic carbocycles. The summed E-state index contributed by atoms with van der Waals surface area (Å²) < 4.78 is 7.51. The van der Waals surface area contributed by atoms with E-state index < -0.39 is 0 Å². The first kappa shape index (κ1) is 19.1. The van der Waals surface area contributed by atoms with Crippen LogP contribution in [0.1, 0.15) is 25.0 Å². The average molecular weight is 422 g/mol. The monoisotopic (exact) mass is 422 g/mol. The fourth-order valence-corrected chi connectivity index (χ4v) is 2.54. The molecule has 1 aromatic rings. The maximum atomic E-state index is 5.52. The van der Waals surface area contributed by atoms with Crippen LogP contribution in [-0.2, 0) is 18.3 Å². The summed E-state index contributed by atoms with van der Waals surface area (Å²) in [6, 6.07) is 0. The molecule has 0 spiro atoms. The minimum atomic E-state index is 0. The second-order valence-corrected chi connectivity index (χ2v) is 5.38. The molecule has 0 radical (unpaired) electrons. The van der Waals surface area contributed by atoms with Gasteiger partial charge in [0.1, 0.15) is 5.82 Å². The fraction of sp³-hybridized carbons (Fsp3) is 0.786. The number of nitrogens with one attached hydrogen (secondary N) is 1. The van der Waals surface area contributed by atoms with Crippen molar-refractivity contribution in [3.8, 4) is 0 Å². The molecule has 1 atom stereocenters. The van der Waals surface area contributed by atoms with Gasteiger partial charge in [0.15, 0.2) is 11.8 Å². The molecule has 7 nitrogen and oxygen atoms in total. The minimum Gasteiger partial charge on any atom is -0.381 e. The van der Waals surface area contributed by atoms with E-state index in [1.807, 2.05) is 32.5 Å². The zero-order chi connectivity index (χ0) is 15.2. The lowest BCUT2D eigenvalue weighted by molar-refractivity contribution is 0.114. The van der Waals surface area contributed by atoms with Gasteiger partial charge in [0.2, 0.25) is 0 Å². The molecular weight excluding hydrogens is 395 g/mol. The molecule has 22 heavy (non-hydrogen) atoms. The van der Waals surface area contributed by atoms with Crippen molar-refractivity contribution in [2.24, 2.45) is 18.0 Å². The lowest BCUT2D eigenvalue weighted by Crippen LogP contribution is -2.40. The Bertz CT molecular complexity index is 490. The van der Waals surface area contributed by atoms with E-state index in [1.54, 1.807) is 0 Å². The van der Waals surface area contributed by atoms with Crippen LogP contribution in [0.3, 0.4) is 0 Å². The average Bonchev–Trinajstić information content (AvgIpc) is 3.07. The molecule has 8 heteroatoms. The van der Waals surface area contributed by atoms with Crippen molar-refractivity contribution < 1.29 is 4.74 Å². The first-order chi connectivity index (χ1) is 10.2. The van der Waals surface area contributed by atoms with Gasteiger partial charge in [0, 0.05) is 39.7 Å². The van der Waals surface area contributed by atoms with Gasteiger partial charge >= 0.3 is 0 Å². The summed E-state index contributed by atoms with van der Waals surface area (Å²) in [7, 11) is 3.79. The van der Waals surface area contributed by atoms with Gasteiger partial charge in [-0.05, 0) is 20.3 Å². The van der Waals surface area contributed by atoms with Crippen molar-refractivity contribution in [2.75, 3.05) is 33.4 Å². The molecule has 1 N–H and O–H groups in total. The number of likely N-dealkylation sites (tertiary alicyclic amines) is 1. The molecule has 126 valence electrons. The molecule has 1 aromatic heterocycles. The number of aromatic nitrogens is 3. The van der Waals surface area contributed by atoms with Crippen LogP contribution in [0.2, 0.25) is 0 Å². The Hall–Kier alpha value is -0.900. The Morgan fingerprint density at radius 2 is 2.23 bits per heavy atom. The van der Waals surface area contributed by atoms with E-state index in [2.05, 4.69) is 25.4 Å². The lowest BCUT2D eigenvalue weighted by atomic mass is 10.1. The number of ether oxygens (including phenoxy) is 1. The molecule has 2 heterocycles. The number of hydrogen-bond donors (Lipinski definition) is 1. The third kappa shape index (κ3) is 4.80. The number of guanidine groups is 1. The first-order valence-corrected chi connectivity index (χ1v) is 7.53. The maximum Gasteiger partial charge on any atom is 0.194 e. The SMILES string of the molecule is CCOCC1CCN(C(=NC)NCc2nnc(C)n2C)C1.I. The highest BCUT2D eigenvalue weighted by atomic mass is 127. The normalized spacial score (nSPS) is 18.5. The van der Waals surface area contributed by atoms with Gasteiger partial charge in [-0.1, -0.05) is 0 Å². The van der Waals surface area contributed by atoms with E-state index in [0.717, 1.165) is 50.3 Å². The van der Waals surface area contributed by atoms with E-state index in [1.165, 1.54) is 0 Å². The van der Waals surface area contributed by atoms with E-state index in [-0.39, 0.29) is 24.0 Å². The summed E-state index contributed by atoms with van der Waals surface area (Å²) in [6.07, 6.45) is 1.16. The second-order valence-electron chi connectivity index (χ2n) is 5.38. The van der Waals surface area contributed by atoms with Crippen LogP contribution in [0.15, 0.2) is 4.99 Å². The predicted octanol–water partition coefficient (Wildman–Crippen LogP) is 1.18. The van der Waals surface area contributed by atoms with Crippen LogP contribution in [0.4, 0.5) is 0 Å². The minimum absolute atomic E-state index is 0. The van der Waals surface area contributed by atoms with Crippen molar-refractivity contribution in [1.82, 2.24) is 25.0 Å². The van der Waals surface area contributed by atoms with Crippen molar-refractivity contribution in [3.05, 3.63) is 11.6 Å². The highest BCUT2D eigenvalue weighted by Crippen LogP contribution is 2.16. The van der Waals surface area contributed by atoms with Crippen molar-refractivity contribution in [1.29, 1.82) is 0 Å². The third-order valence-corrected chi connectivity index (χ3v) is 3.94. The molecule has 0 bridgehead atoms. The molecule has 1 aliphatic heterocycles. The maximum absolute atomic E-state index is 5.52. The van der Waals surface area contributed by atoms with Crippen LogP contribution in [0.5, 0.6) is 0 Å². The second kappa shape index (κ2) is 9.29. The summed E-state index contributed by atoms with van der Waals surface area (Å²) >= 11 is 0. The Morgan fingerprint density at radius 1 is 1.45 bits per heavy atom. The van der Waals surface area contributed by atoms with Gasteiger partial charge in [0.05, 0.1) is 13.2 Å². The Morgan fingerprint density at radius 3 is 2.82 bits per heavy atom. The molecule has 1 saturated heterocycles. The Balaban J connectivity index is 0.00000242. The molecule has 0 aromatic carbocycles. The van der Waals surface area contributed by atoms with Crippen LogP contribution in [0.25, 0.3) is 0 Å². The van der Waals surface area contributed by atoms with E-state index in [4.69, 9.17) is 4.74 Å². The summed E-state index contributed by atoms with van der Waals surface area (Å²) in [5, 5.41) is 11.6. The fourth-order valence-electron chi connectivity index (χ4n) is 2.54. The number of nitrogens with zero attached hydrogens (tertiary/aromatic N) is 5. The topological polar surface area (TPSA) is 67.6 Å². The third-order valence-electron chi connectivity index (χ3n) is 3.94. The highest BCUT2D eigenvalue weighted by Gasteiger charge is 2.25. The number of hydrogen-bond acceptors (Lipinski definition) is 4. The summed E-state index contributed by atoms with van der Waals surface area (Å²) in [5.74, 6) is 3.36. The number of aliphatic imine (C=N–C) groups is 1. The van der Waals surface area contributed by atoms with Crippen molar-refractivity contribution >= 4 is 29.9 Å². The van der Waals surface area contributed by atoms with Crippen LogP contribution in [-0.4, -0.2) is 59.0 Å². The smallest absolute Gasteiger partial charge is 0.194 e. The highest BCUT2D eigenvalue weighted by molar-refractivity contribution is 14.0. The van der Waals surface area contributed by atoms with Crippen LogP contribution in [0, 0.1) is 12.8 Å². The van der Waals surface area contributed by atoms with Gasteiger partial charge in [-0.15, -0.1) is 34.2 Å². The van der Waals surface area contributed by atoms with Gasteiger partial charge in [-0.3, -0.25) is 4.99 Å². The predicted molar refractivity (Wildman–Crippen MR) is 97.5 cm³/mol. The molecule has 1 unspecified atom stereocenters. The van der Waals surface area contributed by atoms with Crippen molar-refractivity contribution in [2.45, 2.75) is 26.8 Å². The number of aryl methyl sites for hydroxylation is 1. The summed E-state index contributed by atoms with van der Waals surface area (Å²) in [4.78, 5) is 6.65. The summed E-state index contributed by atoms with van der Waals surface area (Å²) in [5.41, 5.74) is 0. The van der Waals surface area contributed by atoms with E-state index in [0.29, 0.717) is 12.5 Å². The van der Waals surface area contributed by atoms with Gasteiger partial charge < -0.3 is 19.5 Å². The van der Waals surface area contributed by atoms with E-state index >= 15 is 0 Å². The number of halogens is 1. The van der Waals surface area contributed by atoms with Gasteiger partial charge in [0.25, 0.3) is 0 Å². The molecule has 1 fully saturated rings. The zero-order valence-corrected chi connectivity index (χ0v) is 16.2. The first-order valence-electron chi connectivity index (χ1n) is 7.53. The van der Waals surface area contributed by atoms with E-state index in [9.17, 15) is 0 Å². The molecule has 0 saturated carbocycles. The largest absolute Gasteiger partial charge is 0.381 e. The molecule has 2 rings (SSSR count). The van der Waals surface area contributed by atoms with Crippen LogP contribution < -0.4 is 5.32 Å². The van der Waals surface area contributed by atoms with Crippen LogP contribution >= 0.6 is 24.0 Å².